The van der Waals surface area contributed by atoms with Crippen molar-refractivity contribution in [2.24, 2.45) is 0 Å². The van der Waals surface area contributed by atoms with E-state index >= 15 is 0 Å². The van der Waals surface area contributed by atoms with Crippen LogP contribution in [-0.4, -0.2) is 58.0 Å². The topological polar surface area (TPSA) is 105 Å². The van der Waals surface area contributed by atoms with E-state index < -0.39 is 40.2 Å². The number of nitrogens with zero attached hydrogens (tertiary/aromatic N) is 2. The molecule has 1 N–H and O–H groups in total. The Morgan fingerprint density at radius 3 is 2.33 bits per heavy atom. The number of likely N-dealkylation sites (N-methyl/N-ethyl adjacent to an activating group) is 1. The summed E-state index contributed by atoms with van der Waals surface area (Å²) < 4.78 is 53.5. The van der Waals surface area contributed by atoms with Gasteiger partial charge in [-0.25, -0.2) is 12.8 Å². The van der Waals surface area contributed by atoms with Gasteiger partial charge in [0.2, 0.25) is 11.8 Å². The molecule has 212 valence electrons. The van der Waals surface area contributed by atoms with E-state index in [1.54, 1.807) is 12.1 Å². The van der Waals surface area contributed by atoms with Crippen LogP contribution in [0.25, 0.3) is 0 Å². The molecule has 0 bridgehead atoms. The number of carbonyl (C=O) groups excluding carboxylic acids is 2. The van der Waals surface area contributed by atoms with Gasteiger partial charge in [0.05, 0.1) is 10.6 Å². The minimum absolute atomic E-state index is 0.0433. The molecule has 9 nitrogen and oxygen atoms in total. The Hall–Kier alpha value is -3.54. The molecule has 3 aromatic rings. The molecule has 2 amide bonds. The number of sulfonamides is 1. The molecule has 1 heterocycles. The van der Waals surface area contributed by atoms with E-state index in [0.29, 0.717) is 22.9 Å². The van der Waals surface area contributed by atoms with Gasteiger partial charge in [0.1, 0.15) is 31.6 Å². The molecule has 0 radical (unpaired) electrons. The van der Waals surface area contributed by atoms with Crippen LogP contribution in [-0.2, 0) is 26.2 Å². The summed E-state index contributed by atoms with van der Waals surface area (Å²) in [5.41, 5.74) is 0.542. The van der Waals surface area contributed by atoms with Crippen LogP contribution >= 0.6 is 23.2 Å². The fourth-order valence-electron chi connectivity index (χ4n) is 4.07. The van der Waals surface area contributed by atoms with Crippen LogP contribution in [0, 0.1) is 5.82 Å². The maximum absolute atomic E-state index is 13.9. The predicted molar refractivity (Wildman–Crippen MR) is 149 cm³/mol. The van der Waals surface area contributed by atoms with Gasteiger partial charge in [-0.2, -0.15) is 0 Å². The molecule has 0 saturated heterocycles. The third kappa shape index (κ3) is 6.43. The molecule has 4 rings (SSSR count). The third-order valence-electron chi connectivity index (χ3n) is 6.26. The Balaban J connectivity index is 1.73. The van der Waals surface area contributed by atoms with E-state index in [9.17, 15) is 22.4 Å². The molecule has 0 spiro atoms. The van der Waals surface area contributed by atoms with Crippen LogP contribution in [0.5, 0.6) is 11.5 Å². The number of hydrogen-bond donors (Lipinski definition) is 1. The standard InChI is InChI=1S/C27H26Cl2FN3O6S/c1-17(27(35)31-2)32(15-18-3-4-19(28)13-23(18)29)26(34)16-33(21-7-5-20(30)6-8-21)40(36,37)22-9-10-24-25(14-22)39-12-11-38-24/h3-10,13-14,17H,11-12,15-16H2,1-2H3,(H,31,35). The number of rotatable bonds is 9. The summed E-state index contributed by atoms with van der Waals surface area (Å²) >= 11 is 12.3. The van der Waals surface area contributed by atoms with Gasteiger partial charge < -0.3 is 19.7 Å². The molecule has 1 aliphatic heterocycles. The third-order valence-corrected chi connectivity index (χ3v) is 8.62. The van der Waals surface area contributed by atoms with Crippen molar-refractivity contribution in [1.82, 2.24) is 10.2 Å². The minimum atomic E-state index is -4.38. The number of benzene rings is 3. The average Bonchev–Trinajstić information content (AvgIpc) is 2.94. The lowest BCUT2D eigenvalue weighted by molar-refractivity contribution is -0.139. The Bertz CT molecular complexity index is 1520. The number of halogens is 3. The monoisotopic (exact) mass is 609 g/mol. The molecule has 0 aromatic heterocycles. The second kappa shape index (κ2) is 12.3. The molecular weight excluding hydrogens is 584 g/mol. The summed E-state index contributed by atoms with van der Waals surface area (Å²) in [6.45, 7) is 1.28. The van der Waals surface area contributed by atoms with Gasteiger partial charge in [-0.3, -0.25) is 13.9 Å². The summed E-state index contributed by atoms with van der Waals surface area (Å²) in [5, 5.41) is 3.16. The Labute approximate surface area is 241 Å². The highest BCUT2D eigenvalue weighted by Gasteiger charge is 2.33. The smallest absolute Gasteiger partial charge is 0.264 e. The Morgan fingerprint density at radius 2 is 1.68 bits per heavy atom. The predicted octanol–water partition coefficient (Wildman–Crippen LogP) is 4.26. The normalized spacial score (nSPS) is 13.3. The molecule has 40 heavy (non-hydrogen) atoms. The SMILES string of the molecule is CNC(=O)C(C)N(Cc1ccc(Cl)cc1Cl)C(=O)CN(c1ccc(F)cc1)S(=O)(=O)c1ccc2c(c1)OCCO2. The van der Waals surface area contributed by atoms with E-state index in [1.165, 1.54) is 55.3 Å². The number of ether oxygens (including phenoxy) is 2. The highest BCUT2D eigenvalue weighted by Crippen LogP contribution is 2.34. The zero-order chi connectivity index (χ0) is 29.0. The van der Waals surface area contributed by atoms with Gasteiger partial charge in [0.25, 0.3) is 10.0 Å². The molecule has 1 unspecified atom stereocenters. The van der Waals surface area contributed by atoms with Crippen molar-refractivity contribution in [2.75, 3.05) is 31.1 Å². The minimum Gasteiger partial charge on any atom is -0.486 e. The molecule has 0 aliphatic carbocycles. The number of nitrogens with one attached hydrogen (secondary N) is 1. The van der Waals surface area contributed by atoms with Crippen molar-refractivity contribution in [2.45, 2.75) is 24.4 Å². The molecule has 3 aromatic carbocycles. The quantitative estimate of drug-likeness (QED) is 0.388. The van der Waals surface area contributed by atoms with Crippen LogP contribution in [0.3, 0.4) is 0 Å². The summed E-state index contributed by atoms with van der Waals surface area (Å²) in [6, 6.07) is 12.5. The maximum Gasteiger partial charge on any atom is 0.264 e. The highest BCUT2D eigenvalue weighted by atomic mass is 35.5. The lowest BCUT2D eigenvalue weighted by Crippen LogP contribution is -2.50. The Kier molecular flexibility index (Phi) is 9.07. The first-order valence-corrected chi connectivity index (χ1v) is 14.3. The lowest BCUT2D eigenvalue weighted by Gasteiger charge is -2.32. The summed E-state index contributed by atoms with van der Waals surface area (Å²) in [6.07, 6.45) is 0. The van der Waals surface area contributed by atoms with E-state index in [4.69, 9.17) is 32.7 Å². The molecule has 0 saturated carbocycles. The molecule has 13 heteroatoms. The van der Waals surface area contributed by atoms with Gasteiger partial charge in [0, 0.05) is 29.7 Å². The van der Waals surface area contributed by atoms with Crippen LogP contribution < -0.4 is 19.1 Å². The van der Waals surface area contributed by atoms with Crippen molar-refractivity contribution in [3.05, 3.63) is 82.1 Å². The van der Waals surface area contributed by atoms with Crippen molar-refractivity contribution < 1.29 is 31.9 Å². The van der Waals surface area contributed by atoms with Crippen molar-refractivity contribution in [3.63, 3.8) is 0 Å². The number of hydrogen-bond acceptors (Lipinski definition) is 6. The first-order chi connectivity index (χ1) is 19.0. The zero-order valence-electron chi connectivity index (χ0n) is 21.6. The molecule has 0 fully saturated rings. The molecular formula is C27H26Cl2FN3O6S. The second-order valence-electron chi connectivity index (χ2n) is 8.84. The van der Waals surface area contributed by atoms with Crippen LogP contribution in [0.2, 0.25) is 10.0 Å². The first kappa shape index (κ1) is 29.4. The van der Waals surface area contributed by atoms with Crippen LogP contribution in [0.1, 0.15) is 12.5 Å². The van der Waals surface area contributed by atoms with E-state index in [1.807, 2.05) is 0 Å². The summed E-state index contributed by atoms with van der Waals surface area (Å²) in [4.78, 5) is 27.4. The van der Waals surface area contributed by atoms with Crippen molar-refractivity contribution in [3.8, 4) is 11.5 Å². The number of carbonyl (C=O) groups is 2. The number of fused-ring (bicyclic) bond motifs is 1. The van der Waals surface area contributed by atoms with Gasteiger partial charge in [-0.05, 0) is 61.0 Å². The van der Waals surface area contributed by atoms with Crippen LogP contribution in [0.15, 0.2) is 65.6 Å². The summed E-state index contributed by atoms with van der Waals surface area (Å²) in [7, 11) is -2.96. The van der Waals surface area contributed by atoms with Gasteiger partial charge in [-0.15, -0.1) is 0 Å². The maximum atomic E-state index is 13.9. The largest absolute Gasteiger partial charge is 0.486 e. The van der Waals surface area contributed by atoms with Gasteiger partial charge >= 0.3 is 0 Å². The van der Waals surface area contributed by atoms with Crippen molar-refractivity contribution in [1.29, 1.82) is 0 Å². The fourth-order valence-corrected chi connectivity index (χ4v) is 5.97. The van der Waals surface area contributed by atoms with E-state index in [0.717, 1.165) is 16.4 Å². The first-order valence-electron chi connectivity index (χ1n) is 12.1. The number of amides is 2. The average molecular weight is 610 g/mol. The van der Waals surface area contributed by atoms with E-state index in [2.05, 4.69) is 5.32 Å². The van der Waals surface area contributed by atoms with Crippen LogP contribution in [0.4, 0.5) is 10.1 Å². The lowest BCUT2D eigenvalue weighted by atomic mass is 10.1. The fraction of sp³-hybridized carbons (Fsp3) is 0.259. The molecule has 1 atom stereocenters. The van der Waals surface area contributed by atoms with Gasteiger partial charge in [-0.1, -0.05) is 29.3 Å². The summed E-state index contributed by atoms with van der Waals surface area (Å²) in [5.74, 6) is -1.13. The highest BCUT2D eigenvalue weighted by molar-refractivity contribution is 7.92. The second-order valence-corrected chi connectivity index (χ2v) is 11.5. The van der Waals surface area contributed by atoms with Crippen molar-refractivity contribution >= 4 is 50.7 Å². The number of anilines is 1. The molecule has 1 aliphatic rings. The Morgan fingerprint density at radius 1 is 1.00 bits per heavy atom. The zero-order valence-corrected chi connectivity index (χ0v) is 23.9. The van der Waals surface area contributed by atoms with Gasteiger partial charge in [0.15, 0.2) is 11.5 Å². The van der Waals surface area contributed by atoms with E-state index in [-0.39, 0.29) is 34.5 Å².